The van der Waals surface area contributed by atoms with Gasteiger partial charge in [-0.25, -0.2) is 0 Å². The lowest BCUT2D eigenvalue weighted by molar-refractivity contribution is -0.116. The summed E-state index contributed by atoms with van der Waals surface area (Å²) >= 11 is 10.7. The van der Waals surface area contributed by atoms with Gasteiger partial charge in [-0.15, -0.1) is 0 Å². The van der Waals surface area contributed by atoms with Gasteiger partial charge < -0.3 is 20.5 Å². The van der Waals surface area contributed by atoms with Crippen molar-refractivity contribution in [3.05, 3.63) is 55.9 Å². The van der Waals surface area contributed by atoms with Crippen molar-refractivity contribution < 1.29 is 14.6 Å². The van der Waals surface area contributed by atoms with Gasteiger partial charge in [0.2, 0.25) is 0 Å². The zero-order valence-electron chi connectivity index (χ0n) is 14.0. The molecule has 1 unspecified atom stereocenters. The smallest absolute Gasteiger partial charge is 0.260 e. The molecule has 0 bridgehead atoms. The molecule has 0 radical (unpaired) electrons. The predicted molar refractivity (Wildman–Crippen MR) is 110 cm³/mol. The number of anilines is 1. The highest BCUT2D eigenvalue weighted by Gasteiger charge is 2.28. The van der Waals surface area contributed by atoms with Crippen LogP contribution in [0.25, 0.3) is 6.08 Å². The lowest BCUT2D eigenvalue weighted by atomic mass is 10.1. The van der Waals surface area contributed by atoms with Crippen LogP contribution in [0, 0.1) is 6.92 Å². The molecule has 1 aliphatic heterocycles. The Morgan fingerprint density at radius 2 is 2.15 bits per heavy atom. The third kappa shape index (κ3) is 4.11. The third-order valence-corrected chi connectivity index (χ3v) is 5.50. The number of halogens is 2. The van der Waals surface area contributed by atoms with Crippen LogP contribution in [0.2, 0.25) is 5.02 Å². The number of rotatable bonds is 4. The van der Waals surface area contributed by atoms with E-state index in [0.717, 1.165) is 15.7 Å². The van der Waals surface area contributed by atoms with Crippen molar-refractivity contribution in [3.63, 3.8) is 0 Å². The number of phenols is 1. The average molecular weight is 456 g/mol. The van der Waals surface area contributed by atoms with Crippen molar-refractivity contribution in [2.75, 3.05) is 12.4 Å². The Hall–Kier alpha value is -1.83. The standard InChI is InChI=1S/C18H16BrClN2O3S/c1-9-5-12(20)3-4-13(9)21-18-22-17(24)15(26-18)7-10-6-11(19)8-14(25-2)16(10)23/h3-8,18,21,23H,1-2H3,(H,22,24)/b15-7-. The molecule has 2 aromatic rings. The molecule has 1 amide bonds. The van der Waals surface area contributed by atoms with Gasteiger partial charge in [-0.3, -0.25) is 4.79 Å². The summed E-state index contributed by atoms with van der Waals surface area (Å²) in [5.41, 5.74) is 2.06. The van der Waals surface area contributed by atoms with Crippen molar-refractivity contribution >= 4 is 57.0 Å². The lowest BCUT2D eigenvalue weighted by Gasteiger charge is -2.15. The molecule has 1 atom stereocenters. The Morgan fingerprint density at radius 3 is 2.85 bits per heavy atom. The fourth-order valence-corrected chi connectivity index (χ4v) is 4.14. The molecule has 1 saturated heterocycles. The summed E-state index contributed by atoms with van der Waals surface area (Å²) in [5, 5.41) is 17.1. The van der Waals surface area contributed by atoms with E-state index in [0.29, 0.717) is 21.2 Å². The molecule has 2 aromatic carbocycles. The summed E-state index contributed by atoms with van der Waals surface area (Å²) in [5.74, 6) is 0.111. The summed E-state index contributed by atoms with van der Waals surface area (Å²) in [4.78, 5) is 12.8. The molecule has 5 nitrogen and oxygen atoms in total. The maximum absolute atomic E-state index is 12.3. The van der Waals surface area contributed by atoms with Crippen LogP contribution in [0.5, 0.6) is 11.5 Å². The molecule has 3 rings (SSSR count). The molecular formula is C18H16BrClN2O3S. The fraction of sp³-hybridized carbons (Fsp3) is 0.167. The normalized spacial score (nSPS) is 18.1. The lowest BCUT2D eigenvalue weighted by Crippen LogP contribution is -2.31. The second kappa shape index (κ2) is 7.82. The van der Waals surface area contributed by atoms with E-state index in [9.17, 15) is 9.90 Å². The SMILES string of the molecule is COc1cc(Br)cc(/C=C2\SC(Nc3ccc(Cl)cc3C)NC2=O)c1O. The number of hydrogen-bond acceptors (Lipinski definition) is 5. The topological polar surface area (TPSA) is 70.6 Å². The van der Waals surface area contributed by atoms with E-state index in [1.54, 1.807) is 24.3 Å². The number of hydrogen-bond donors (Lipinski definition) is 3. The predicted octanol–water partition coefficient (Wildman–Crippen LogP) is 4.72. The molecule has 0 aliphatic carbocycles. The van der Waals surface area contributed by atoms with Crippen LogP contribution in [0.3, 0.4) is 0 Å². The number of carbonyl (C=O) groups excluding carboxylic acids is 1. The molecule has 0 spiro atoms. The Balaban J connectivity index is 1.82. The van der Waals surface area contributed by atoms with Gasteiger partial charge in [-0.1, -0.05) is 39.3 Å². The summed E-state index contributed by atoms with van der Waals surface area (Å²) in [7, 11) is 1.48. The van der Waals surface area contributed by atoms with Crippen LogP contribution in [-0.2, 0) is 4.79 Å². The number of methoxy groups -OCH3 is 1. The Labute approximate surface area is 168 Å². The first-order valence-electron chi connectivity index (χ1n) is 7.66. The minimum Gasteiger partial charge on any atom is -0.504 e. The Kier molecular flexibility index (Phi) is 5.70. The molecule has 0 aromatic heterocycles. The number of amides is 1. The summed E-state index contributed by atoms with van der Waals surface area (Å²) in [6, 6.07) is 8.90. The van der Waals surface area contributed by atoms with E-state index in [2.05, 4.69) is 26.6 Å². The monoisotopic (exact) mass is 454 g/mol. The van der Waals surface area contributed by atoms with Gasteiger partial charge in [0.25, 0.3) is 5.91 Å². The molecule has 26 heavy (non-hydrogen) atoms. The number of ether oxygens (including phenoxy) is 1. The second-order valence-electron chi connectivity index (χ2n) is 5.63. The minimum atomic E-state index is -0.315. The number of aryl methyl sites for hydroxylation is 1. The molecule has 1 heterocycles. The average Bonchev–Trinajstić information content (AvgIpc) is 2.92. The number of benzene rings is 2. The first-order chi connectivity index (χ1) is 12.4. The summed E-state index contributed by atoms with van der Waals surface area (Å²) in [6.45, 7) is 1.94. The van der Waals surface area contributed by atoms with Crippen molar-refractivity contribution in [2.24, 2.45) is 0 Å². The van der Waals surface area contributed by atoms with E-state index in [-0.39, 0.29) is 17.2 Å². The number of phenolic OH excluding ortho intramolecular Hbond substituents is 1. The van der Waals surface area contributed by atoms with E-state index in [1.807, 2.05) is 19.1 Å². The van der Waals surface area contributed by atoms with E-state index in [1.165, 1.54) is 18.9 Å². The zero-order valence-corrected chi connectivity index (χ0v) is 17.1. The van der Waals surface area contributed by atoms with Crippen LogP contribution < -0.4 is 15.4 Å². The van der Waals surface area contributed by atoms with Crippen LogP contribution in [0.4, 0.5) is 5.69 Å². The first kappa shape index (κ1) is 18.9. The van der Waals surface area contributed by atoms with Crippen LogP contribution >= 0.6 is 39.3 Å². The Bertz CT molecular complexity index is 904. The molecule has 8 heteroatoms. The Morgan fingerprint density at radius 1 is 1.38 bits per heavy atom. The van der Waals surface area contributed by atoms with Crippen LogP contribution in [0.15, 0.2) is 39.7 Å². The first-order valence-corrected chi connectivity index (χ1v) is 9.71. The van der Waals surface area contributed by atoms with Gasteiger partial charge in [-0.2, -0.15) is 0 Å². The zero-order chi connectivity index (χ0) is 18.8. The molecule has 3 N–H and O–H groups in total. The highest BCUT2D eigenvalue weighted by molar-refractivity contribution is 9.10. The third-order valence-electron chi connectivity index (χ3n) is 3.78. The largest absolute Gasteiger partial charge is 0.504 e. The maximum Gasteiger partial charge on any atom is 0.260 e. The van der Waals surface area contributed by atoms with Gasteiger partial charge in [0.1, 0.15) is 0 Å². The van der Waals surface area contributed by atoms with Crippen molar-refractivity contribution in [1.82, 2.24) is 5.32 Å². The van der Waals surface area contributed by atoms with Gasteiger partial charge in [0, 0.05) is 20.7 Å². The fourth-order valence-electron chi connectivity index (χ4n) is 2.50. The van der Waals surface area contributed by atoms with E-state index < -0.39 is 0 Å². The van der Waals surface area contributed by atoms with E-state index in [4.69, 9.17) is 16.3 Å². The van der Waals surface area contributed by atoms with Gasteiger partial charge in [-0.05, 0) is 48.9 Å². The van der Waals surface area contributed by atoms with Crippen molar-refractivity contribution in [1.29, 1.82) is 0 Å². The minimum absolute atomic E-state index is 0.0124. The van der Waals surface area contributed by atoms with Crippen molar-refractivity contribution in [3.8, 4) is 11.5 Å². The number of nitrogens with one attached hydrogen (secondary N) is 2. The molecule has 1 fully saturated rings. The van der Waals surface area contributed by atoms with Gasteiger partial charge in [0.15, 0.2) is 17.0 Å². The second-order valence-corrected chi connectivity index (χ2v) is 8.13. The highest BCUT2D eigenvalue weighted by Crippen LogP contribution is 2.38. The number of aromatic hydroxyl groups is 1. The highest BCUT2D eigenvalue weighted by atomic mass is 79.9. The molecule has 1 aliphatic rings. The van der Waals surface area contributed by atoms with Gasteiger partial charge >= 0.3 is 0 Å². The van der Waals surface area contributed by atoms with E-state index >= 15 is 0 Å². The van der Waals surface area contributed by atoms with Gasteiger partial charge in [0.05, 0.1) is 12.0 Å². The summed E-state index contributed by atoms with van der Waals surface area (Å²) in [6.07, 6.45) is 1.64. The van der Waals surface area contributed by atoms with Crippen LogP contribution in [0.1, 0.15) is 11.1 Å². The van der Waals surface area contributed by atoms with Crippen LogP contribution in [-0.4, -0.2) is 23.6 Å². The quantitative estimate of drug-likeness (QED) is 0.582. The maximum atomic E-state index is 12.3. The van der Waals surface area contributed by atoms with Crippen molar-refractivity contribution in [2.45, 2.75) is 12.4 Å². The summed E-state index contributed by atoms with van der Waals surface area (Å²) < 4.78 is 5.89. The molecular weight excluding hydrogens is 440 g/mol. The number of carbonyl (C=O) groups is 1. The number of thioether (sulfide) groups is 1. The molecule has 136 valence electrons. The molecule has 0 saturated carbocycles.